The van der Waals surface area contributed by atoms with Crippen molar-refractivity contribution in [3.63, 3.8) is 0 Å². The summed E-state index contributed by atoms with van der Waals surface area (Å²) >= 11 is 0. The van der Waals surface area contributed by atoms with Crippen LogP contribution in [0.5, 0.6) is 11.5 Å². The molecule has 2 aromatic carbocycles. The standard InChI is InChI=1S/C23H26N4O3/c1-29-20-10-8-18(22(14-20)30-2)9-11-23(28)26-13-12-19(15-26)27-16-21(24-25-27)17-6-4-3-5-7-17/h3-8,10,14,16,19H,9,11-13,15H2,1-2H3. The predicted octanol–water partition coefficient (Wildman–Crippen LogP) is 3.37. The fourth-order valence-electron chi connectivity index (χ4n) is 3.84. The maximum atomic E-state index is 12.8. The summed E-state index contributed by atoms with van der Waals surface area (Å²) < 4.78 is 12.6. The smallest absolute Gasteiger partial charge is 0.222 e. The third-order valence-corrected chi connectivity index (χ3v) is 5.57. The van der Waals surface area contributed by atoms with Crippen molar-refractivity contribution in [2.45, 2.75) is 25.3 Å². The molecule has 0 aliphatic carbocycles. The second-order valence-electron chi connectivity index (χ2n) is 7.41. The number of amides is 1. The van der Waals surface area contributed by atoms with Gasteiger partial charge < -0.3 is 14.4 Å². The first kappa shape index (κ1) is 19.9. The topological polar surface area (TPSA) is 69.5 Å². The first-order valence-corrected chi connectivity index (χ1v) is 10.1. The highest BCUT2D eigenvalue weighted by Crippen LogP contribution is 2.27. The van der Waals surface area contributed by atoms with Gasteiger partial charge in [0.2, 0.25) is 5.91 Å². The minimum Gasteiger partial charge on any atom is -0.497 e. The van der Waals surface area contributed by atoms with Crippen LogP contribution in [0.2, 0.25) is 0 Å². The highest BCUT2D eigenvalue weighted by Gasteiger charge is 2.28. The maximum Gasteiger partial charge on any atom is 0.222 e. The van der Waals surface area contributed by atoms with Gasteiger partial charge in [-0.2, -0.15) is 0 Å². The maximum absolute atomic E-state index is 12.8. The lowest BCUT2D eigenvalue weighted by atomic mass is 10.1. The molecule has 2 heterocycles. The van der Waals surface area contributed by atoms with E-state index in [-0.39, 0.29) is 11.9 Å². The fourth-order valence-corrected chi connectivity index (χ4v) is 3.84. The minimum atomic E-state index is 0.152. The van der Waals surface area contributed by atoms with Crippen molar-refractivity contribution in [2.75, 3.05) is 27.3 Å². The molecule has 0 saturated carbocycles. The number of hydrogen-bond acceptors (Lipinski definition) is 5. The van der Waals surface area contributed by atoms with Gasteiger partial charge in [-0.25, -0.2) is 4.68 Å². The van der Waals surface area contributed by atoms with Crippen molar-refractivity contribution in [3.05, 3.63) is 60.3 Å². The van der Waals surface area contributed by atoms with E-state index in [0.717, 1.165) is 41.3 Å². The minimum absolute atomic E-state index is 0.152. The molecule has 3 aromatic rings. The number of nitrogens with zero attached hydrogens (tertiary/aromatic N) is 4. The van der Waals surface area contributed by atoms with Gasteiger partial charge in [0.1, 0.15) is 17.2 Å². The fraction of sp³-hybridized carbons (Fsp3) is 0.348. The Morgan fingerprint density at radius 3 is 2.73 bits per heavy atom. The molecule has 1 saturated heterocycles. The van der Waals surface area contributed by atoms with Crippen LogP contribution in [0.1, 0.15) is 24.4 Å². The summed E-state index contributed by atoms with van der Waals surface area (Å²) in [6.07, 6.45) is 3.93. The molecule has 1 aliphatic rings. The molecule has 1 amide bonds. The van der Waals surface area contributed by atoms with Gasteiger partial charge in [0, 0.05) is 31.1 Å². The van der Waals surface area contributed by atoms with Gasteiger partial charge in [-0.3, -0.25) is 4.79 Å². The molecule has 1 unspecified atom stereocenters. The Morgan fingerprint density at radius 2 is 1.97 bits per heavy atom. The lowest BCUT2D eigenvalue weighted by Gasteiger charge is -2.17. The number of rotatable bonds is 7. The average Bonchev–Trinajstić information content (AvgIpc) is 3.48. The Morgan fingerprint density at radius 1 is 1.13 bits per heavy atom. The summed E-state index contributed by atoms with van der Waals surface area (Å²) in [5, 5.41) is 8.60. The van der Waals surface area contributed by atoms with Crippen LogP contribution in [0.3, 0.4) is 0 Å². The zero-order valence-corrected chi connectivity index (χ0v) is 17.3. The number of aryl methyl sites for hydroxylation is 1. The number of hydrogen-bond donors (Lipinski definition) is 0. The van der Waals surface area contributed by atoms with Crippen LogP contribution in [0, 0.1) is 0 Å². The Balaban J connectivity index is 1.35. The van der Waals surface area contributed by atoms with Crippen LogP contribution in [-0.4, -0.2) is 53.1 Å². The van der Waals surface area contributed by atoms with Gasteiger partial charge in [0.25, 0.3) is 0 Å². The summed E-state index contributed by atoms with van der Waals surface area (Å²) in [6, 6.07) is 15.9. The zero-order valence-electron chi connectivity index (χ0n) is 17.3. The first-order chi connectivity index (χ1) is 14.7. The van der Waals surface area contributed by atoms with Gasteiger partial charge in [-0.05, 0) is 24.5 Å². The summed E-state index contributed by atoms with van der Waals surface area (Å²) in [6.45, 7) is 1.40. The van der Waals surface area contributed by atoms with Crippen LogP contribution in [-0.2, 0) is 11.2 Å². The highest BCUT2D eigenvalue weighted by atomic mass is 16.5. The van der Waals surface area contributed by atoms with E-state index in [1.54, 1.807) is 14.2 Å². The molecule has 1 aromatic heterocycles. The highest BCUT2D eigenvalue weighted by molar-refractivity contribution is 5.77. The molecule has 30 heavy (non-hydrogen) atoms. The number of carbonyl (C=O) groups is 1. The normalized spacial score (nSPS) is 15.9. The lowest BCUT2D eigenvalue weighted by Crippen LogP contribution is -2.29. The van der Waals surface area contributed by atoms with Crippen molar-refractivity contribution in [1.82, 2.24) is 19.9 Å². The molecular weight excluding hydrogens is 380 g/mol. The van der Waals surface area contributed by atoms with Crippen LogP contribution in [0.25, 0.3) is 11.3 Å². The molecule has 1 atom stereocenters. The Hall–Kier alpha value is -3.35. The molecule has 1 aliphatic heterocycles. The van der Waals surface area contributed by atoms with Crippen molar-refractivity contribution >= 4 is 5.91 Å². The zero-order chi connectivity index (χ0) is 20.9. The lowest BCUT2D eigenvalue weighted by molar-refractivity contribution is -0.130. The molecular formula is C23H26N4O3. The molecule has 0 bridgehead atoms. The number of benzene rings is 2. The molecule has 4 rings (SSSR count). The van der Waals surface area contributed by atoms with Gasteiger partial charge in [0.15, 0.2) is 0 Å². The van der Waals surface area contributed by atoms with E-state index in [1.165, 1.54) is 0 Å². The third-order valence-electron chi connectivity index (χ3n) is 5.57. The van der Waals surface area contributed by atoms with Crippen LogP contribution < -0.4 is 9.47 Å². The molecule has 0 radical (unpaired) electrons. The molecule has 156 valence electrons. The average molecular weight is 406 g/mol. The van der Waals surface area contributed by atoms with E-state index >= 15 is 0 Å². The van der Waals surface area contributed by atoms with E-state index in [9.17, 15) is 4.79 Å². The monoisotopic (exact) mass is 406 g/mol. The summed E-state index contributed by atoms with van der Waals surface area (Å²) in [4.78, 5) is 14.7. The van der Waals surface area contributed by atoms with Crippen LogP contribution in [0.4, 0.5) is 0 Å². The van der Waals surface area contributed by atoms with Crippen LogP contribution in [0.15, 0.2) is 54.7 Å². The Kier molecular flexibility index (Phi) is 5.97. The van der Waals surface area contributed by atoms with Gasteiger partial charge in [-0.1, -0.05) is 41.6 Å². The first-order valence-electron chi connectivity index (χ1n) is 10.1. The van der Waals surface area contributed by atoms with E-state index in [2.05, 4.69) is 10.3 Å². The van der Waals surface area contributed by atoms with Crippen LogP contribution >= 0.6 is 0 Å². The summed E-state index contributed by atoms with van der Waals surface area (Å²) in [5.74, 6) is 1.64. The summed E-state index contributed by atoms with van der Waals surface area (Å²) in [5.41, 5.74) is 2.90. The molecule has 7 nitrogen and oxygen atoms in total. The molecule has 0 N–H and O–H groups in total. The Bertz CT molecular complexity index is 1000. The number of carbonyl (C=O) groups excluding carboxylic acids is 1. The second-order valence-corrected chi connectivity index (χ2v) is 7.41. The van der Waals surface area contributed by atoms with Crippen molar-refractivity contribution in [3.8, 4) is 22.8 Å². The van der Waals surface area contributed by atoms with Crippen molar-refractivity contribution in [1.29, 1.82) is 0 Å². The number of methoxy groups -OCH3 is 2. The van der Waals surface area contributed by atoms with E-state index in [1.807, 2.05) is 64.3 Å². The number of ether oxygens (including phenoxy) is 2. The van der Waals surface area contributed by atoms with E-state index < -0.39 is 0 Å². The third kappa shape index (κ3) is 4.30. The SMILES string of the molecule is COc1ccc(CCC(=O)N2CCC(n3cc(-c4ccccc4)nn3)C2)c(OC)c1. The van der Waals surface area contributed by atoms with Crippen molar-refractivity contribution < 1.29 is 14.3 Å². The second kappa shape index (κ2) is 8.98. The van der Waals surface area contributed by atoms with Crippen molar-refractivity contribution in [2.24, 2.45) is 0 Å². The number of likely N-dealkylation sites (tertiary alicyclic amines) is 1. The molecule has 1 fully saturated rings. The molecule has 0 spiro atoms. The largest absolute Gasteiger partial charge is 0.497 e. The van der Waals surface area contributed by atoms with Gasteiger partial charge in [0.05, 0.1) is 26.5 Å². The van der Waals surface area contributed by atoms with E-state index in [0.29, 0.717) is 19.4 Å². The van der Waals surface area contributed by atoms with E-state index in [4.69, 9.17) is 9.47 Å². The predicted molar refractivity (Wildman–Crippen MR) is 114 cm³/mol. The number of aromatic nitrogens is 3. The Labute approximate surface area is 176 Å². The summed E-state index contributed by atoms with van der Waals surface area (Å²) in [7, 11) is 3.26. The molecule has 7 heteroatoms. The quantitative estimate of drug-likeness (QED) is 0.602. The van der Waals surface area contributed by atoms with Gasteiger partial charge in [-0.15, -0.1) is 5.10 Å². The van der Waals surface area contributed by atoms with Gasteiger partial charge >= 0.3 is 0 Å².